The number of nitro benzene ring substituents is 1. The van der Waals surface area contributed by atoms with Crippen LogP contribution < -0.4 is 0 Å². The van der Waals surface area contributed by atoms with Gasteiger partial charge in [-0.1, -0.05) is 27.7 Å². The van der Waals surface area contributed by atoms with E-state index in [0.717, 1.165) is 23.9 Å². The first-order valence-corrected chi connectivity index (χ1v) is 7.14. The average Bonchev–Trinajstić information content (AvgIpc) is 2.42. The van der Waals surface area contributed by atoms with E-state index in [1.807, 2.05) is 0 Å². The van der Waals surface area contributed by atoms with Crippen LogP contribution in [0.25, 0.3) is 0 Å². The molecule has 0 bridgehead atoms. The van der Waals surface area contributed by atoms with Crippen LogP contribution in [0.1, 0.15) is 10.4 Å². The summed E-state index contributed by atoms with van der Waals surface area (Å²) in [5, 5.41) is 19.9. The average molecular weight is 372 g/mol. The van der Waals surface area contributed by atoms with Gasteiger partial charge in [0.2, 0.25) is 0 Å². The summed E-state index contributed by atoms with van der Waals surface area (Å²) in [6.45, 7) is 0. The van der Waals surface area contributed by atoms with E-state index in [9.17, 15) is 19.3 Å². The minimum Gasteiger partial charge on any atom is -0.478 e. The van der Waals surface area contributed by atoms with E-state index in [1.54, 1.807) is 6.07 Å². The maximum atomic E-state index is 13.3. The van der Waals surface area contributed by atoms with E-state index in [1.165, 1.54) is 18.2 Å². The van der Waals surface area contributed by atoms with Crippen LogP contribution in [-0.2, 0) is 0 Å². The summed E-state index contributed by atoms with van der Waals surface area (Å²) in [6.07, 6.45) is 0. The molecule has 0 heterocycles. The van der Waals surface area contributed by atoms with Crippen molar-refractivity contribution in [1.82, 2.24) is 0 Å². The van der Waals surface area contributed by atoms with Gasteiger partial charge in [0.15, 0.2) is 0 Å². The molecule has 0 aliphatic rings. The molecule has 0 unspecified atom stereocenters. The normalized spacial score (nSPS) is 10.4. The Morgan fingerprint density at radius 3 is 2.62 bits per heavy atom. The van der Waals surface area contributed by atoms with Gasteiger partial charge in [-0.05, 0) is 30.3 Å². The molecule has 108 valence electrons. The molecule has 0 aliphatic heterocycles. The van der Waals surface area contributed by atoms with E-state index >= 15 is 0 Å². The molecule has 5 nitrogen and oxygen atoms in total. The zero-order valence-electron chi connectivity index (χ0n) is 10.2. The van der Waals surface area contributed by atoms with E-state index in [0.29, 0.717) is 14.3 Å². The molecular weight excluding hydrogens is 365 g/mol. The van der Waals surface area contributed by atoms with Crippen LogP contribution >= 0.6 is 27.7 Å². The van der Waals surface area contributed by atoms with E-state index < -0.39 is 22.3 Å². The Labute approximate surface area is 131 Å². The molecule has 0 aromatic heterocycles. The van der Waals surface area contributed by atoms with Gasteiger partial charge >= 0.3 is 5.97 Å². The Bertz CT molecular complexity index is 738. The zero-order chi connectivity index (χ0) is 15.6. The van der Waals surface area contributed by atoms with Crippen molar-refractivity contribution in [1.29, 1.82) is 0 Å². The fraction of sp³-hybridized carbons (Fsp3) is 0. The third kappa shape index (κ3) is 3.59. The third-order valence-electron chi connectivity index (χ3n) is 2.51. The SMILES string of the molecule is O=C(O)c1cc(Sc2ccc(Br)cc2[N+](=O)[O-])ccc1F. The van der Waals surface area contributed by atoms with Crippen LogP contribution in [0.2, 0.25) is 0 Å². The van der Waals surface area contributed by atoms with Crippen LogP contribution in [0, 0.1) is 15.9 Å². The zero-order valence-corrected chi connectivity index (χ0v) is 12.6. The van der Waals surface area contributed by atoms with Crippen molar-refractivity contribution in [3.8, 4) is 0 Å². The van der Waals surface area contributed by atoms with Crippen molar-refractivity contribution < 1.29 is 19.2 Å². The third-order valence-corrected chi connectivity index (χ3v) is 4.06. The van der Waals surface area contributed by atoms with Gasteiger partial charge in [-0.2, -0.15) is 0 Å². The number of benzene rings is 2. The molecule has 0 fully saturated rings. The highest BCUT2D eigenvalue weighted by molar-refractivity contribution is 9.10. The molecule has 0 radical (unpaired) electrons. The number of carboxylic acid groups (broad SMARTS) is 1. The van der Waals surface area contributed by atoms with Gasteiger partial charge in [-0.25, -0.2) is 9.18 Å². The van der Waals surface area contributed by atoms with E-state index in [2.05, 4.69) is 15.9 Å². The first-order valence-electron chi connectivity index (χ1n) is 5.53. The lowest BCUT2D eigenvalue weighted by atomic mass is 10.2. The topological polar surface area (TPSA) is 80.4 Å². The predicted molar refractivity (Wildman–Crippen MR) is 78.3 cm³/mol. The monoisotopic (exact) mass is 371 g/mol. The number of halogens is 2. The Hall–Kier alpha value is -1.93. The van der Waals surface area contributed by atoms with Crippen LogP contribution in [0.3, 0.4) is 0 Å². The van der Waals surface area contributed by atoms with Crippen molar-refractivity contribution in [2.45, 2.75) is 9.79 Å². The summed E-state index contributed by atoms with van der Waals surface area (Å²) >= 11 is 4.15. The summed E-state index contributed by atoms with van der Waals surface area (Å²) in [7, 11) is 0. The minimum atomic E-state index is -1.39. The van der Waals surface area contributed by atoms with Crippen molar-refractivity contribution in [3.05, 3.63) is 62.4 Å². The Balaban J connectivity index is 2.41. The molecular formula is C13H7BrFNO4S. The number of hydrogen-bond acceptors (Lipinski definition) is 4. The molecule has 0 spiro atoms. The summed E-state index contributed by atoms with van der Waals surface area (Å²) in [6, 6.07) is 8.07. The standard InChI is InChI=1S/C13H7BrFNO4S/c14-7-1-4-12(11(5-7)16(19)20)21-8-2-3-10(15)9(6-8)13(17)18/h1-6H,(H,17,18). The van der Waals surface area contributed by atoms with Crippen LogP contribution in [0.4, 0.5) is 10.1 Å². The summed E-state index contributed by atoms with van der Waals surface area (Å²) < 4.78 is 13.9. The summed E-state index contributed by atoms with van der Waals surface area (Å²) in [5.41, 5.74) is -0.588. The molecule has 0 amide bonds. The van der Waals surface area contributed by atoms with Crippen molar-refractivity contribution >= 4 is 39.3 Å². The first kappa shape index (κ1) is 15.5. The number of hydrogen-bond donors (Lipinski definition) is 1. The van der Waals surface area contributed by atoms with E-state index in [-0.39, 0.29) is 5.69 Å². The first-order chi connectivity index (χ1) is 9.88. The molecule has 0 saturated carbocycles. The second-order valence-corrected chi connectivity index (χ2v) is 5.95. The van der Waals surface area contributed by atoms with Crippen LogP contribution in [-0.4, -0.2) is 16.0 Å². The van der Waals surface area contributed by atoms with Crippen LogP contribution in [0.15, 0.2) is 50.7 Å². The van der Waals surface area contributed by atoms with Gasteiger partial charge in [0.1, 0.15) is 5.82 Å². The van der Waals surface area contributed by atoms with Gasteiger partial charge < -0.3 is 5.11 Å². The second kappa shape index (κ2) is 6.23. The molecule has 1 N–H and O–H groups in total. The van der Waals surface area contributed by atoms with Gasteiger partial charge in [0.05, 0.1) is 15.4 Å². The highest BCUT2D eigenvalue weighted by atomic mass is 79.9. The molecule has 0 aliphatic carbocycles. The summed E-state index contributed by atoms with van der Waals surface area (Å²) in [4.78, 5) is 22.1. The minimum absolute atomic E-state index is 0.115. The Morgan fingerprint density at radius 2 is 2.00 bits per heavy atom. The van der Waals surface area contributed by atoms with Crippen molar-refractivity contribution in [3.63, 3.8) is 0 Å². The Kier molecular flexibility index (Phi) is 4.59. The van der Waals surface area contributed by atoms with Gasteiger partial charge in [-0.15, -0.1) is 0 Å². The quantitative estimate of drug-likeness (QED) is 0.638. The molecule has 2 aromatic rings. The van der Waals surface area contributed by atoms with Gasteiger partial charge in [0, 0.05) is 15.4 Å². The fourth-order valence-electron chi connectivity index (χ4n) is 1.58. The van der Waals surface area contributed by atoms with Gasteiger partial charge in [0.25, 0.3) is 5.69 Å². The lowest BCUT2D eigenvalue weighted by Gasteiger charge is -2.05. The second-order valence-electron chi connectivity index (χ2n) is 3.92. The Morgan fingerprint density at radius 1 is 1.29 bits per heavy atom. The number of nitrogens with zero attached hydrogens (tertiary/aromatic N) is 1. The van der Waals surface area contributed by atoms with E-state index in [4.69, 9.17) is 5.11 Å². The van der Waals surface area contributed by atoms with Gasteiger partial charge in [-0.3, -0.25) is 10.1 Å². The van der Waals surface area contributed by atoms with Crippen molar-refractivity contribution in [2.24, 2.45) is 0 Å². The van der Waals surface area contributed by atoms with Crippen molar-refractivity contribution in [2.75, 3.05) is 0 Å². The highest BCUT2D eigenvalue weighted by Crippen LogP contribution is 2.36. The van der Waals surface area contributed by atoms with Crippen LogP contribution in [0.5, 0.6) is 0 Å². The molecule has 2 aromatic carbocycles. The molecule has 0 atom stereocenters. The number of nitro groups is 1. The maximum Gasteiger partial charge on any atom is 0.338 e. The lowest BCUT2D eigenvalue weighted by molar-refractivity contribution is -0.387. The number of carbonyl (C=O) groups is 1. The highest BCUT2D eigenvalue weighted by Gasteiger charge is 2.17. The number of rotatable bonds is 4. The maximum absolute atomic E-state index is 13.3. The lowest BCUT2D eigenvalue weighted by Crippen LogP contribution is -2.00. The fourth-order valence-corrected chi connectivity index (χ4v) is 2.87. The molecule has 21 heavy (non-hydrogen) atoms. The molecule has 8 heteroatoms. The summed E-state index contributed by atoms with van der Waals surface area (Å²) in [5.74, 6) is -2.24. The number of carboxylic acids is 1. The molecule has 0 saturated heterocycles. The molecule has 2 rings (SSSR count). The predicted octanol–water partition coefficient (Wildman–Crippen LogP) is 4.35. The number of aromatic carboxylic acids is 1. The smallest absolute Gasteiger partial charge is 0.338 e. The largest absolute Gasteiger partial charge is 0.478 e.